The first-order valence-electron chi connectivity index (χ1n) is 6.48. The van der Waals surface area contributed by atoms with Crippen LogP contribution in [0.4, 0.5) is 5.69 Å². The van der Waals surface area contributed by atoms with Crippen LogP contribution >= 0.6 is 0 Å². The number of nitro groups is 1. The van der Waals surface area contributed by atoms with E-state index in [2.05, 4.69) is 4.98 Å². The maximum absolute atomic E-state index is 10.6. The molecule has 0 radical (unpaired) electrons. The highest BCUT2D eigenvalue weighted by Crippen LogP contribution is 2.28. The van der Waals surface area contributed by atoms with Gasteiger partial charge in [0.05, 0.1) is 16.6 Å². The number of hydrogen-bond acceptors (Lipinski definition) is 6. The SMILES string of the molecule is CC(C)Oc1cc(Oc2ccc([N+](=O)[O-])cn2)ccc1C#N. The third-order valence-electron chi connectivity index (χ3n) is 2.59. The first kappa shape index (κ1) is 15.3. The standard InChI is InChI=1S/C15H13N3O4/c1-10(2)21-14-7-13(5-3-11(14)8-16)22-15-6-4-12(9-17-15)18(19)20/h3-7,9-10H,1-2H3. The van der Waals surface area contributed by atoms with E-state index in [-0.39, 0.29) is 17.7 Å². The second-order valence-electron chi connectivity index (χ2n) is 4.65. The molecular formula is C15H13N3O4. The molecule has 112 valence electrons. The zero-order valence-electron chi connectivity index (χ0n) is 12.0. The van der Waals surface area contributed by atoms with Gasteiger partial charge in [-0.05, 0) is 26.0 Å². The number of aromatic nitrogens is 1. The molecule has 7 heteroatoms. The predicted octanol–water partition coefficient (Wildman–Crippen LogP) is 3.44. The van der Waals surface area contributed by atoms with Crippen LogP contribution in [-0.2, 0) is 0 Å². The van der Waals surface area contributed by atoms with Crippen LogP contribution in [0.3, 0.4) is 0 Å². The maximum Gasteiger partial charge on any atom is 0.287 e. The zero-order valence-corrected chi connectivity index (χ0v) is 12.0. The third-order valence-corrected chi connectivity index (χ3v) is 2.59. The number of nitriles is 1. The van der Waals surface area contributed by atoms with Crippen molar-refractivity contribution in [2.75, 3.05) is 0 Å². The van der Waals surface area contributed by atoms with Gasteiger partial charge in [-0.15, -0.1) is 0 Å². The van der Waals surface area contributed by atoms with Gasteiger partial charge in [0.2, 0.25) is 5.88 Å². The number of pyridine rings is 1. The highest BCUT2D eigenvalue weighted by Gasteiger charge is 2.10. The molecule has 0 amide bonds. The van der Waals surface area contributed by atoms with Crippen LogP contribution in [0.15, 0.2) is 36.5 Å². The Balaban J connectivity index is 2.22. The van der Waals surface area contributed by atoms with Crippen molar-refractivity contribution >= 4 is 5.69 Å². The van der Waals surface area contributed by atoms with E-state index in [0.717, 1.165) is 6.20 Å². The van der Waals surface area contributed by atoms with Crippen LogP contribution in [-0.4, -0.2) is 16.0 Å². The maximum atomic E-state index is 10.6. The summed E-state index contributed by atoms with van der Waals surface area (Å²) in [6, 6.07) is 9.52. The summed E-state index contributed by atoms with van der Waals surface area (Å²) in [6.45, 7) is 3.71. The van der Waals surface area contributed by atoms with E-state index in [1.54, 1.807) is 18.2 Å². The highest BCUT2D eigenvalue weighted by molar-refractivity contribution is 5.48. The van der Waals surface area contributed by atoms with Crippen molar-refractivity contribution in [3.05, 3.63) is 52.2 Å². The van der Waals surface area contributed by atoms with Crippen molar-refractivity contribution in [2.24, 2.45) is 0 Å². The van der Waals surface area contributed by atoms with Crippen molar-refractivity contribution < 1.29 is 14.4 Å². The van der Waals surface area contributed by atoms with Crippen molar-refractivity contribution in [1.82, 2.24) is 4.98 Å². The highest BCUT2D eigenvalue weighted by atomic mass is 16.6. The molecule has 0 N–H and O–H groups in total. The Kier molecular flexibility index (Phi) is 4.53. The quantitative estimate of drug-likeness (QED) is 0.619. The molecule has 7 nitrogen and oxygen atoms in total. The molecule has 0 fully saturated rings. The molecule has 0 aliphatic rings. The largest absolute Gasteiger partial charge is 0.489 e. The molecule has 1 aromatic heterocycles. The first-order valence-corrected chi connectivity index (χ1v) is 6.48. The van der Waals surface area contributed by atoms with Crippen LogP contribution in [0.2, 0.25) is 0 Å². The van der Waals surface area contributed by atoms with Crippen LogP contribution in [0.5, 0.6) is 17.4 Å². The van der Waals surface area contributed by atoms with Gasteiger partial charge in [0.15, 0.2) is 0 Å². The topological polar surface area (TPSA) is 98.3 Å². The molecule has 22 heavy (non-hydrogen) atoms. The number of ether oxygens (including phenoxy) is 2. The molecule has 0 bridgehead atoms. The fourth-order valence-electron chi connectivity index (χ4n) is 1.67. The molecule has 0 saturated carbocycles. The Hall–Kier alpha value is -3.14. The second kappa shape index (κ2) is 6.54. The lowest BCUT2D eigenvalue weighted by Crippen LogP contribution is -2.06. The summed E-state index contributed by atoms with van der Waals surface area (Å²) in [5.74, 6) is 1.05. The van der Waals surface area contributed by atoms with Gasteiger partial charge in [0, 0.05) is 18.2 Å². The summed E-state index contributed by atoms with van der Waals surface area (Å²) in [7, 11) is 0. The van der Waals surface area contributed by atoms with Crippen molar-refractivity contribution in [1.29, 1.82) is 5.26 Å². The van der Waals surface area contributed by atoms with Gasteiger partial charge >= 0.3 is 0 Å². The molecule has 2 aromatic rings. The van der Waals surface area contributed by atoms with E-state index in [9.17, 15) is 10.1 Å². The Labute approximate surface area is 126 Å². The van der Waals surface area contributed by atoms with Gasteiger partial charge in [0.25, 0.3) is 5.69 Å². The Morgan fingerprint density at radius 1 is 1.32 bits per heavy atom. The van der Waals surface area contributed by atoms with E-state index in [1.165, 1.54) is 12.1 Å². The van der Waals surface area contributed by atoms with Crippen molar-refractivity contribution in [3.63, 3.8) is 0 Å². The minimum absolute atomic E-state index is 0.0835. The number of benzene rings is 1. The van der Waals surface area contributed by atoms with Crippen LogP contribution in [0.25, 0.3) is 0 Å². The van der Waals surface area contributed by atoms with E-state index >= 15 is 0 Å². The van der Waals surface area contributed by atoms with Gasteiger partial charge < -0.3 is 9.47 Å². The third kappa shape index (κ3) is 3.70. The fourth-order valence-corrected chi connectivity index (χ4v) is 1.67. The Morgan fingerprint density at radius 3 is 2.64 bits per heavy atom. The van der Waals surface area contributed by atoms with Gasteiger partial charge in [-0.2, -0.15) is 5.26 Å². The average Bonchev–Trinajstić information content (AvgIpc) is 2.47. The molecular weight excluding hydrogens is 286 g/mol. The summed E-state index contributed by atoms with van der Waals surface area (Å²) in [5, 5.41) is 19.6. The van der Waals surface area contributed by atoms with Crippen LogP contribution in [0, 0.1) is 21.4 Å². The summed E-state index contributed by atoms with van der Waals surface area (Å²) >= 11 is 0. The van der Waals surface area contributed by atoms with Gasteiger partial charge in [-0.1, -0.05) is 0 Å². The molecule has 1 heterocycles. The molecule has 0 aliphatic carbocycles. The number of nitrogens with zero attached hydrogens (tertiary/aromatic N) is 3. The Bertz CT molecular complexity index is 721. The molecule has 0 spiro atoms. The van der Waals surface area contributed by atoms with E-state index < -0.39 is 4.92 Å². The smallest absolute Gasteiger partial charge is 0.287 e. The minimum Gasteiger partial charge on any atom is -0.489 e. The predicted molar refractivity (Wildman–Crippen MR) is 77.9 cm³/mol. The van der Waals surface area contributed by atoms with Crippen LogP contribution < -0.4 is 9.47 Å². The summed E-state index contributed by atoms with van der Waals surface area (Å²) in [4.78, 5) is 13.9. The number of hydrogen-bond donors (Lipinski definition) is 0. The lowest BCUT2D eigenvalue weighted by Gasteiger charge is -2.12. The molecule has 0 unspecified atom stereocenters. The Morgan fingerprint density at radius 2 is 2.09 bits per heavy atom. The van der Waals surface area contributed by atoms with E-state index in [0.29, 0.717) is 17.1 Å². The normalized spacial score (nSPS) is 10.1. The molecule has 0 atom stereocenters. The molecule has 2 rings (SSSR count). The van der Waals surface area contributed by atoms with E-state index in [1.807, 2.05) is 19.9 Å². The second-order valence-corrected chi connectivity index (χ2v) is 4.65. The van der Waals surface area contributed by atoms with Crippen molar-refractivity contribution in [3.8, 4) is 23.4 Å². The molecule has 0 aliphatic heterocycles. The van der Waals surface area contributed by atoms with Gasteiger partial charge in [-0.3, -0.25) is 10.1 Å². The van der Waals surface area contributed by atoms with Crippen LogP contribution in [0.1, 0.15) is 19.4 Å². The minimum atomic E-state index is -0.535. The molecule has 0 saturated heterocycles. The van der Waals surface area contributed by atoms with E-state index in [4.69, 9.17) is 14.7 Å². The fraction of sp³-hybridized carbons (Fsp3) is 0.200. The summed E-state index contributed by atoms with van der Waals surface area (Å²) < 4.78 is 11.1. The van der Waals surface area contributed by atoms with Crippen molar-refractivity contribution in [2.45, 2.75) is 20.0 Å². The molecule has 1 aromatic carbocycles. The zero-order chi connectivity index (χ0) is 16.1. The average molecular weight is 299 g/mol. The lowest BCUT2D eigenvalue weighted by atomic mass is 10.2. The lowest BCUT2D eigenvalue weighted by molar-refractivity contribution is -0.385. The van der Waals surface area contributed by atoms with Gasteiger partial charge in [-0.25, -0.2) is 4.98 Å². The summed E-state index contributed by atoms with van der Waals surface area (Å²) in [6.07, 6.45) is 1.03. The number of rotatable bonds is 5. The monoisotopic (exact) mass is 299 g/mol. The summed E-state index contributed by atoms with van der Waals surface area (Å²) in [5.41, 5.74) is 0.286. The van der Waals surface area contributed by atoms with Gasteiger partial charge in [0.1, 0.15) is 23.8 Å². The first-order chi connectivity index (χ1) is 10.5.